The minimum Gasteiger partial charge on any atom is -0.352 e. The molecule has 2 rings (SSSR count). The predicted octanol–water partition coefficient (Wildman–Crippen LogP) is 2.78. The number of hydrogen-bond donors (Lipinski definition) is 1. The van der Waals surface area contributed by atoms with Crippen LogP contribution in [0.1, 0.15) is 36.8 Å². The van der Waals surface area contributed by atoms with Gasteiger partial charge in [0, 0.05) is 46.7 Å². The fourth-order valence-corrected chi connectivity index (χ4v) is 3.00. The van der Waals surface area contributed by atoms with Crippen molar-refractivity contribution in [2.24, 2.45) is 4.99 Å². The van der Waals surface area contributed by atoms with Gasteiger partial charge in [-0.15, -0.1) is 6.58 Å². The minimum atomic E-state index is 0.272. The number of guanidine groups is 1. The Hall–Kier alpha value is -2.30. The van der Waals surface area contributed by atoms with E-state index >= 15 is 0 Å². The second-order valence-electron chi connectivity index (χ2n) is 6.49. The summed E-state index contributed by atoms with van der Waals surface area (Å²) in [6.07, 6.45) is 5.72. The maximum absolute atomic E-state index is 11.7. The Bertz CT molecular complexity index is 594. The van der Waals surface area contributed by atoms with Crippen LogP contribution in [0.5, 0.6) is 0 Å². The molecular weight excluding hydrogens is 312 g/mol. The first-order valence-electron chi connectivity index (χ1n) is 9.02. The molecule has 0 spiro atoms. The van der Waals surface area contributed by atoms with Crippen molar-refractivity contribution in [2.75, 3.05) is 27.2 Å². The number of unbranched alkanes of at least 4 members (excludes halogenated alkanes) is 1. The van der Waals surface area contributed by atoms with Gasteiger partial charge in [-0.2, -0.15) is 0 Å². The summed E-state index contributed by atoms with van der Waals surface area (Å²) < 4.78 is 0. The molecule has 1 amide bonds. The van der Waals surface area contributed by atoms with Crippen LogP contribution in [0, 0.1) is 0 Å². The van der Waals surface area contributed by atoms with Gasteiger partial charge in [-0.05, 0) is 30.4 Å². The molecule has 5 heteroatoms. The Labute approximate surface area is 151 Å². The van der Waals surface area contributed by atoms with Gasteiger partial charge in [0.25, 0.3) is 0 Å². The van der Waals surface area contributed by atoms with Crippen LogP contribution >= 0.6 is 0 Å². The highest BCUT2D eigenvalue weighted by Crippen LogP contribution is 2.14. The fraction of sp³-hybridized carbons (Fsp3) is 0.500. The molecular formula is C20H30N4O. The van der Waals surface area contributed by atoms with E-state index in [9.17, 15) is 4.79 Å². The largest absolute Gasteiger partial charge is 0.352 e. The molecule has 1 fully saturated rings. The Balaban J connectivity index is 1.81. The van der Waals surface area contributed by atoms with Crippen LogP contribution in [0.2, 0.25) is 0 Å². The third kappa shape index (κ3) is 5.93. The number of rotatable bonds is 8. The van der Waals surface area contributed by atoms with Crippen molar-refractivity contribution in [3.63, 3.8) is 0 Å². The molecule has 25 heavy (non-hydrogen) atoms. The van der Waals surface area contributed by atoms with Crippen LogP contribution in [-0.4, -0.2) is 48.9 Å². The molecule has 0 saturated carbocycles. The van der Waals surface area contributed by atoms with Crippen LogP contribution < -0.4 is 5.32 Å². The van der Waals surface area contributed by atoms with Crippen molar-refractivity contribution >= 4 is 11.9 Å². The molecule has 136 valence electrons. The minimum absolute atomic E-state index is 0.272. The number of amides is 1. The number of carbonyl (C=O) groups is 1. The van der Waals surface area contributed by atoms with E-state index in [0.29, 0.717) is 6.42 Å². The van der Waals surface area contributed by atoms with E-state index in [2.05, 4.69) is 53.1 Å². The summed E-state index contributed by atoms with van der Waals surface area (Å²) in [5.74, 6) is 1.17. The molecule has 1 aliphatic heterocycles. The fourth-order valence-electron chi connectivity index (χ4n) is 3.00. The molecule has 1 aliphatic rings. The second kappa shape index (κ2) is 9.87. The number of aliphatic imine (C=N–C) groups is 1. The van der Waals surface area contributed by atoms with Crippen molar-refractivity contribution in [2.45, 2.75) is 38.8 Å². The number of carbonyl (C=O) groups excluding carboxylic acids is 1. The number of nitrogens with one attached hydrogen (secondary N) is 1. The van der Waals surface area contributed by atoms with Gasteiger partial charge in [-0.25, -0.2) is 0 Å². The van der Waals surface area contributed by atoms with Gasteiger partial charge in [-0.1, -0.05) is 30.3 Å². The smallest absolute Gasteiger partial charge is 0.222 e. The third-order valence-electron chi connectivity index (χ3n) is 4.49. The number of likely N-dealkylation sites (tertiary alicyclic amines) is 1. The van der Waals surface area contributed by atoms with Crippen LogP contribution in [0.3, 0.4) is 0 Å². The van der Waals surface area contributed by atoms with E-state index in [0.717, 1.165) is 51.4 Å². The van der Waals surface area contributed by atoms with Crippen LogP contribution in [0.4, 0.5) is 0 Å². The van der Waals surface area contributed by atoms with E-state index in [-0.39, 0.29) is 5.91 Å². The van der Waals surface area contributed by atoms with Crippen LogP contribution in [0.15, 0.2) is 41.9 Å². The third-order valence-corrected chi connectivity index (χ3v) is 4.49. The Kier molecular flexibility index (Phi) is 7.51. The van der Waals surface area contributed by atoms with Crippen molar-refractivity contribution in [1.82, 2.24) is 15.1 Å². The van der Waals surface area contributed by atoms with E-state index in [1.165, 1.54) is 11.1 Å². The first-order valence-corrected chi connectivity index (χ1v) is 9.02. The van der Waals surface area contributed by atoms with Crippen molar-refractivity contribution in [3.05, 3.63) is 48.0 Å². The summed E-state index contributed by atoms with van der Waals surface area (Å²) in [6, 6.07) is 8.46. The zero-order chi connectivity index (χ0) is 18.1. The maximum Gasteiger partial charge on any atom is 0.222 e. The molecule has 0 atom stereocenters. The van der Waals surface area contributed by atoms with Crippen LogP contribution in [-0.2, 0) is 17.9 Å². The lowest BCUT2D eigenvalue weighted by Crippen LogP contribution is -2.38. The lowest BCUT2D eigenvalue weighted by molar-refractivity contribution is -0.128. The lowest BCUT2D eigenvalue weighted by atomic mass is 10.1. The van der Waals surface area contributed by atoms with Crippen molar-refractivity contribution < 1.29 is 4.79 Å². The second-order valence-corrected chi connectivity index (χ2v) is 6.49. The summed E-state index contributed by atoms with van der Waals surface area (Å²) in [7, 11) is 3.86. The molecule has 0 unspecified atom stereocenters. The monoisotopic (exact) mass is 342 g/mol. The maximum atomic E-state index is 11.7. The Morgan fingerprint density at radius 1 is 1.36 bits per heavy atom. The van der Waals surface area contributed by atoms with Gasteiger partial charge in [0.1, 0.15) is 0 Å². The molecule has 1 heterocycles. The van der Waals surface area contributed by atoms with Gasteiger partial charge in [0.2, 0.25) is 5.91 Å². The molecule has 1 aromatic carbocycles. The number of allylic oxidation sites excluding steroid dienone is 1. The predicted molar refractivity (Wildman–Crippen MR) is 103 cm³/mol. The summed E-state index contributed by atoms with van der Waals surface area (Å²) >= 11 is 0. The topological polar surface area (TPSA) is 47.9 Å². The molecule has 1 N–H and O–H groups in total. The highest BCUT2D eigenvalue weighted by Gasteiger charge is 2.19. The molecule has 0 bridgehead atoms. The van der Waals surface area contributed by atoms with Gasteiger partial charge in [-0.3, -0.25) is 9.79 Å². The molecule has 1 aromatic rings. The normalized spacial score (nSPS) is 14.7. The first-order chi connectivity index (χ1) is 12.1. The first kappa shape index (κ1) is 19.0. The summed E-state index contributed by atoms with van der Waals surface area (Å²) in [5, 5.41) is 3.40. The molecule has 1 saturated heterocycles. The average Bonchev–Trinajstić information content (AvgIpc) is 3.02. The molecule has 0 aromatic heterocycles. The van der Waals surface area contributed by atoms with E-state index in [1.807, 2.05) is 18.0 Å². The van der Waals surface area contributed by atoms with Gasteiger partial charge < -0.3 is 15.1 Å². The number of benzene rings is 1. The average molecular weight is 342 g/mol. The zero-order valence-corrected chi connectivity index (χ0v) is 15.5. The molecule has 0 radical (unpaired) electrons. The lowest BCUT2D eigenvalue weighted by Gasteiger charge is -2.22. The number of hydrogen-bond acceptors (Lipinski definition) is 2. The van der Waals surface area contributed by atoms with Crippen molar-refractivity contribution in [3.8, 4) is 0 Å². The summed E-state index contributed by atoms with van der Waals surface area (Å²) in [5.41, 5.74) is 2.39. The summed E-state index contributed by atoms with van der Waals surface area (Å²) in [6.45, 7) is 7.05. The van der Waals surface area contributed by atoms with Crippen LogP contribution in [0.25, 0.3) is 0 Å². The Morgan fingerprint density at radius 3 is 2.68 bits per heavy atom. The molecule has 0 aliphatic carbocycles. The quantitative estimate of drug-likeness (QED) is 0.342. The number of nitrogens with zero attached hydrogens (tertiary/aromatic N) is 3. The van der Waals surface area contributed by atoms with Crippen molar-refractivity contribution in [1.29, 1.82) is 0 Å². The van der Waals surface area contributed by atoms with Gasteiger partial charge in [0.15, 0.2) is 5.96 Å². The van der Waals surface area contributed by atoms with Gasteiger partial charge in [0.05, 0.1) is 0 Å². The standard InChI is InChI=1S/C20H30N4O/c1-4-5-6-13-23(3)20(21-2)22-15-17-9-11-18(12-10-17)16-24-14-7-8-19(24)25/h4,9-12H,1,5-8,13-16H2,2-3H3,(H,21,22). The highest BCUT2D eigenvalue weighted by atomic mass is 16.2. The van der Waals surface area contributed by atoms with E-state index < -0.39 is 0 Å². The van der Waals surface area contributed by atoms with E-state index in [1.54, 1.807) is 0 Å². The summed E-state index contributed by atoms with van der Waals surface area (Å²) in [4.78, 5) is 20.1. The Morgan fingerprint density at radius 2 is 2.08 bits per heavy atom. The zero-order valence-electron chi connectivity index (χ0n) is 15.5. The molecule has 5 nitrogen and oxygen atoms in total. The van der Waals surface area contributed by atoms with Gasteiger partial charge >= 0.3 is 0 Å². The highest BCUT2D eigenvalue weighted by molar-refractivity contribution is 5.79. The van der Waals surface area contributed by atoms with E-state index in [4.69, 9.17) is 0 Å². The SMILES string of the molecule is C=CCCCN(C)C(=NC)NCc1ccc(CN2CCCC2=O)cc1.